The molecule has 9 nitrogen and oxygen atoms in total. The highest BCUT2D eigenvalue weighted by atomic mass is 16.5. The SMILES string of the molecule is COc1cccc([C@@H](CNC(=O)Nc2cccc(-n3nnnc3C)c2)N(C)C)c1. The van der Waals surface area contributed by atoms with E-state index in [1.807, 2.05) is 69.6 Å². The normalized spacial score (nSPS) is 11.9. The second-order valence-electron chi connectivity index (χ2n) is 6.78. The maximum atomic E-state index is 12.4. The second-order valence-corrected chi connectivity index (χ2v) is 6.78. The number of anilines is 1. The molecular formula is C20H25N7O2. The van der Waals surface area contributed by atoms with Crippen LogP contribution in [0.5, 0.6) is 5.75 Å². The van der Waals surface area contributed by atoms with Crippen LogP contribution in [0.15, 0.2) is 48.5 Å². The molecule has 0 bridgehead atoms. The third-order valence-electron chi connectivity index (χ3n) is 4.53. The van der Waals surface area contributed by atoms with E-state index in [2.05, 4.69) is 31.1 Å². The zero-order valence-corrected chi connectivity index (χ0v) is 17.0. The summed E-state index contributed by atoms with van der Waals surface area (Å²) in [4.78, 5) is 14.5. The molecule has 0 saturated carbocycles. The van der Waals surface area contributed by atoms with Gasteiger partial charge in [0.15, 0.2) is 5.82 Å². The number of carbonyl (C=O) groups is 1. The van der Waals surface area contributed by atoms with Crippen molar-refractivity contribution in [3.8, 4) is 11.4 Å². The zero-order valence-electron chi connectivity index (χ0n) is 17.0. The summed E-state index contributed by atoms with van der Waals surface area (Å²) in [6.07, 6.45) is 0. The number of aromatic nitrogens is 4. The first-order valence-corrected chi connectivity index (χ1v) is 9.18. The Balaban J connectivity index is 1.65. The van der Waals surface area contributed by atoms with Crippen molar-refractivity contribution in [3.63, 3.8) is 0 Å². The summed E-state index contributed by atoms with van der Waals surface area (Å²) in [6.45, 7) is 2.25. The topological polar surface area (TPSA) is 97.2 Å². The quantitative estimate of drug-likeness (QED) is 0.638. The van der Waals surface area contributed by atoms with Gasteiger partial charge in [0.25, 0.3) is 0 Å². The molecule has 0 aliphatic heterocycles. The lowest BCUT2D eigenvalue weighted by molar-refractivity contribution is 0.243. The minimum Gasteiger partial charge on any atom is -0.497 e. The summed E-state index contributed by atoms with van der Waals surface area (Å²) in [5.41, 5.74) is 2.48. The third kappa shape index (κ3) is 5.08. The number of rotatable bonds is 7. The Labute approximate surface area is 169 Å². The molecule has 3 aromatic rings. The van der Waals surface area contributed by atoms with E-state index in [-0.39, 0.29) is 12.1 Å². The predicted octanol–water partition coefficient (Wildman–Crippen LogP) is 2.40. The van der Waals surface area contributed by atoms with Crippen LogP contribution in [0.25, 0.3) is 5.69 Å². The van der Waals surface area contributed by atoms with Crippen LogP contribution in [-0.4, -0.2) is 58.9 Å². The van der Waals surface area contributed by atoms with Crippen LogP contribution < -0.4 is 15.4 Å². The smallest absolute Gasteiger partial charge is 0.319 e. The number of aryl methyl sites for hydroxylation is 1. The van der Waals surface area contributed by atoms with E-state index in [1.165, 1.54) is 0 Å². The van der Waals surface area contributed by atoms with Crippen molar-refractivity contribution in [3.05, 3.63) is 59.9 Å². The molecule has 2 aromatic carbocycles. The third-order valence-corrected chi connectivity index (χ3v) is 4.53. The average Bonchev–Trinajstić information content (AvgIpc) is 3.14. The Kier molecular flexibility index (Phi) is 6.40. The number of likely N-dealkylation sites (N-methyl/N-ethyl adjacent to an activating group) is 1. The summed E-state index contributed by atoms with van der Waals surface area (Å²) in [6, 6.07) is 14.9. The van der Waals surface area contributed by atoms with Crippen LogP contribution in [0, 0.1) is 6.92 Å². The van der Waals surface area contributed by atoms with Crippen molar-refractivity contribution < 1.29 is 9.53 Å². The number of urea groups is 1. The van der Waals surface area contributed by atoms with Crippen molar-refractivity contribution in [1.29, 1.82) is 0 Å². The lowest BCUT2D eigenvalue weighted by Gasteiger charge is -2.25. The van der Waals surface area contributed by atoms with Crippen molar-refractivity contribution in [2.24, 2.45) is 0 Å². The number of ether oxygens (including phenoxy) is 1. The molecule has 0 aliphatic rings. The fourth-order valence-electron chi connectivity index (χ4n) is 3.00. The highest BCUT2D eigenvalue weighted by molar-refractivity contribution is 5.89. The standard InChI is InChI=1S/C20H25N7O2/c1-14-23-24-25-27(14)17-9-6-8-16(12-17)22-20(28)21-13-19(26(2)3)15-7-5-10-18(11-15)29-4/h5-12,19H,13H2,1-4H3,(H2,21,22,28)/t19-/m1/s1. The van der Waals surface area contributed by atoms with E-state index in [4.69, 9.17) is 4.74 Å². The van der Waals surface area contributed by atoms with Gasteiger partial charge < -0.3 is 20.3 Å². The van der Waals surface area contributed by atoms with Gasteiger partial charge in [-0.25, -0.2) is 4.79 Å². The zero-order chi connectivity index (χ0) is 20.8. The first-order chi connectivity index (χ1) is 14.0. The average molecular weight is 395 g/mol. The minimum absolute atomic E-state index is 0.00561. The Morgan fingerprint density at radius 3 is 2.69 bits per heavy atom. The first-order valence-electron chi connectivity index (χ1n) is 9.18. The molecule has 2 N–H and O–H groups in total. The molecule has 0 saturated heterocycles. The lowest BCUT2D eigenvalue weighted by Crippen LogP contribution is -2.36. The summed E-state index contributed by atoms with van der Waals surface area (Å²) in [5.74, 6) is 1.45. The van der Waals surface area contributed by atoms with Gasteiger partial charge in [-0.15, -0.1) is 5.10 Å². The van der Waals surface area contributed by atoms with E-state index < -0.39 is 0 Å². The first kappa shape index (κ1) is 20.3. The van der Waals surface area contributed by atoms with Crippen molar-refractivity contribution >= 4 is 11.7 Å². The van der Waals surface area contributed by atoms with Crippen LogP contribution in [0.2, 0.25) is 0 Å². The molecular weight excluding hydrogens is 370 g/mol. The maximum absolute atomic E-state index is 12.4. The number of methoxy groups -OCH3 is 1. The number of hydrogen-bond acceptors (Lipinski definition) is 6. The molecule has 9 heteroatoms. The highest BCUT2D eigenvalue weighted by Gasteiger charge is 2.16. The van der Waals surface area contributed by atoms with Crippen molar-refractivity contribution in [2.75, 3.05) is 33.1 Å². The highest BCUT2D eigenvalue weighted by Crippen LogP contribution is 2.22. The summed E-state index contributed by atoms with van der Waals surface area (Å²) < 4.78 is 6.91. The van der Waals surface area contributed by atoms with Gasteiger partial charge in [0.05, 0.1) is 18.8 Å². The maximum Gasteiger partial charge on any atom is 0.319 e. The van der Waals surface area contributed by atoms with Crippen molar-refractivity contribution in [1.82, 2.24) is 30.4 Å². The summed E-state index contributed by atoms with van der Waals surface area (Å²) >= 11 is 0. The van der Waals surface area contributed by atoms with E-state index >= 15 is 0 Å². The lowest BCUT2D eigenvalue weighted by atomic mass is 10.1. The number of nitrogens with zero attached hydrogens (tertiary/aromatic N) is 5. The fourth-order valence-corrected chi connectivity index (χ4v) is 3.00. The van der Waals surface area contributed by atoms with E-state index in [1.54, 1.807) is 11.8 Å². The molecule has 0 fully saturated rings. The fraction of sp³-hybridized carbons (Fsp3) is 0.300. The number of tetrazole rings is 1. The minimum atomic E-state index is -0.287. The molecule has 2 amide bonds. The van der Waals surface area contributed by atoms with Gasteiger partial charge in [-0.05, 0) is 67.3 Å². The van der Waals surface area contributed by atoms with Gasteiger partial charge >= 0.3 is 6.03 Å². The number of hydrogen-bond donors (Lipinski definition) is 2. The Hall–Kier alpha value is -3.46. The molecule has 1 heterocycles. The van der Waals surface area contributed by atoms with Crippen LogP contribution >= 0.6 is 0 Å². The van der Waals surface area contributed by atoms with E-state index in [0.29, 0.717) is 18.1 Å². The molecule has 0 unspecified atom stereocenters. The number of amides is 2. The van der Waals surface area contributed by atoms with Crippen molar-refractivity contribution in [2.45, 2.75) is 13.0 Å². The molecule has 0 aliphatic carbocycles. The van der Waals surface area contributed by atoms with Crippen LogP contribution in [0.1, 0.15) is 17.4 Å². The molecule has 0 spiro atoms. The van der Waals surface area contributed by atoms with Crippen LogP contribution in [0.3, 0.4) is 0 Å². The Morgan fingerprint density at radius 1 is 1.21 bits per heavy atom. The Bertz CT molecular complexity index is 971. The Morgan fingerprint density at radius 2 is 2.00 bits per heavy atom. The molecule has 0 radical (unpaired) electrons. The number of carbonyl (C=O) groups excluding carboxylic acids is 1. The molecule has 3 rings (SSSR count). The molecule has 1 atom stereocenters. The largest absolute Gasteiger partial charge is 0.497 e. The number of benzene rings is 2. The molecule has 152 valence electrons. The summed E-state index contributed by atoms with van der Waals surface area (Å²) in [7, 11) is 5.59. The molecule has 29 heavy (non-hydrogen) atoms. The summed E-state index contributed by atoms with van der Waals surface area (Å²) in [5, 5.41) is 17.3. The van der Waals surface area contributed by atoms with Crippen LogP contribution in [0.4, 0.5) is 10.5 Å². The number of nitrogens with one attached hydrogen (secondary N) is 2. The van der Waals surface area contributed by atoms with Gasteiger partial charge in [0, 0.05) is 12.2 Å². The van der Waals surface area contributed by atoms with E-state index in [9.17, 15) is 4.79 Å². The van der Waals surface area contributed by atoms with E-state index in [0.717, 1.165) is 17.0 Å². The van der Waals surface area contributed by atoms with Crippen LogP contribution in [-0.2, 0) is 0 Å². The van der Waals surface area contributed by atoms with Gasteiger partial charge in [-0.2, -0.15) is 4.68 Å². The van der Waals surface area contributed by atoms with Gasteiger partial charge in [0.1, 0.15) is 5.75 Å². The molecule has 1 aromatic heterocycles. The monoisotopic (exact) mass is 395 g/mol. The van der Waals surface area contributed by atoms with Gasteiger partial charge in [-0.1, -0.05) is 18.2 Å². The predicted molar refractivity (Wildman–Crippen MR) is 110 cm³/mol. The second kappa shape index (κ2) is 9.16. The van der Waals surface area contributed by atoms with Gasteiger partial charge in [0.2, 0.25) is 0 Å². The van der Waals surface area contributed by atoms with Gasteiger partial charge in [-0.3, -0.25) is 0 Å².